The molecule has 1 fully saturated rings. The summed E-state index contributed by atoms with van der Waals surface area (Å²) in [6.45, 7) is 7.48. The normalized spacial score (nSPS) is 19.9. The number of ether oxygens (including phenoxy) is 2. The quantitative estimate of drug-likeness (QED) is 0.580. The molecule has 1 N–H and O–H groups in total. The number of carbonyl (C=O) groups is 1. The standard InChI is InChI=1S/C22H34BrNO4/c1-21(2,3)28-20(25)24-13-8-10-18(16-24)22(26,12-5-6-14-27-4)17-9-7-11-19(23)15-17/h7,9,11,15,18,26H,5-6,8,10,12-14,16H2,1-4H3/t18?,22-/m1/s1. The van der Waals surface area contributed by atoms with E-state index in [4.69, 9.17) is 9.47 Å². The van der Waals surface area contributed by atoms with Gasteiger partial charge >= 0.3 is 6.09 Å². The van der Waals surface area contributed by atoms with Gasteiger partial charge in [0.2, 0.25) is 0 Å². The predicted molar refractivity (Wildman–Crippen MR) is 114 cm³/mol. The van der Waals surface area contributed by atoms with E-state index in [-0.39, 0.29) is 12.0 Å². The van der Waals surface area contributed by atoms with Crippen LogP contribution in [-0.4, -0.2) is 48.5 Å². The van der Waals surface area contributed by atoms with Gasteiger partial charge in [0.1, 0.15) is 5.60 Å². The van der Waals surface area contributed by atoms with Gasteiger partial charge in [-0.1, -0.05) is 28.1 Å². The molecule has 1 aliphatic rings. The maximum Gasteiger partial charge on any atom is 0.410 e. The number of carbonyl (C=O) groups excluding carboxylic acids is 1. The third-order valence-corrected chi connectivity index (χ3v) is 5.72. The zero-order chi connectivity index (χ0) is 20.8. The van der Waals surface area contributed by atoms with Gasteiger partial charge < -0.3 is 19.5 Å². The Kier molecular flexibility index (Phi) is 8.34. The average Bonchev–Trinajstić information content (AvgIpc) is 2.64. The second kappa shape index (κ2) is 10.1. The molecular formula is C22H34BrNO4. The lowest BCUT2D eigenvalue weighted by Gasteiger charge is -2.43. The Morgan fingerprint density at radius 3 is 2.71 bits per heavy atom. The van der Waals surface area contributed by atoms with Crippen molar-refractivity contribution in [2.24, 2.45) is 5.92 Å². The molecule has 1 heterocycles. The number of halogens is 1. The highest BCUT2D eigenvalue weighted by atomic mass is 79.9. The SMILES string of the molecule is COCCCC[C@@](O)(c1cccc(Br)c1)C1CCCN(C(=O)OC(C)(C)C)C1. The monoisotopic (exact) mass is 455 g/mol. The molecule has 2 rings (SSSR count). The molecule has 1 saturated heterocycles. The van der Waals surface area contributed by atoms with Crippen molar-refractivity contribution in [2.75, 3.05) is 26.8 Å². The van der Waals surface area contributed by atoms with Gasteiger partial charge in [-0.15, -0.1) is 0 Å². The largest absolute Gasteiger partial charge is 0.444 e. The highest BCUT2D eigenvalue weighted by Gasteiger charge is 2.41. The summed E-state index contributed by atoms with van der Waals surface area (Å²) in [5, 5.41) is 11.8. The number of amides is 1. The molecule has 0 saturated carbocycles. The van der Waals surface area contributed by atoms with E-state index in [0.29, 0.717) is 26.1 Å². The summed E-state index contributed by atoms with van der Waals surface area (Å²) in [5.41, 5.74) is -0.612. The third kappa shape index (κ3) is 6.46. The van der Waals surface area contributed by atoms with Crippen LogP contribution in [0.1, 0.15) is 58.4 Å². The minimum Gasteiger partial charge on any atom is -0.444 e. The highest BCUT2D eigenvalue weighted by molar-refractivity contribution is 9.10. The molecule has 2 atom stereocenters. The van der Waals surface area contributed by atoms with E-state index in [1.807, 2.05) is 45.0 Å². The lowest BCUT2D eigenvalue weighted by atomic mass is 9.74. The number of rotatable bonds is 7. The summed E-state index contributed by atoms with van der Waals surface area (Å²) in [5.74, 6) is -0.0365. The first kappa shape index (κ1) is 23.2. The van der Waals surface area contributed by atoms with Crippen LogP contribution >= 0.6 is 15.9 Å². The zero-order valence-corrected chi connectivity index (χ0v) is 19.1. The van der Waals surface area contributed by atoms with E-state index in [1.165, 1.54) is 0 Å². The summed E-state index contributed by atoms with van der Waals surface area (Å²) in [6.07, 6.45) is 3.84. The van der Waals surface area contributed by atoms with E-state index < -0.39 is 11.2 Å². The van der Waals surface area contributed by atoms with Gasteiger partial charge in [-0.25, -0.2) is 4.79 Å². The van der Waals surface area contributed by atoms with Gasteiger partial charge in [0.25, 0.3) is 0 Å². The van der Waals surface area contributed by atoms with Crippen molar-refractivity contribution in [3.05, 3.63) is 34.3 Å². The van der Waals surface area contributed by atoms with E-state index in [1.54, 1.807) is 12.0 Å². The second-order valence-electron chi connectivity index (χ2n) is 8.65. The Morgan fingerprint density at radius 2 is 2.07 bits per heavy atom. The minimum atomic E-state index is -0.988. The third-order valence-electron chi connectivity index (χ3n) is 5.23. The first-order chi connectivity index (χ1) is 13.2. The number of hydrogen-bond donors (Lipinski definition) is 1. The highest BCUT2D eigenvalue weighted by Crippen LogP contribution is 2.40. The van der Waals surface area contributed by atoms with Crippen LogP contribution in [0.3, 0.4) is 0 Å². The van der Waals surface area contributed by atoms with Gasteiger partial charge in [-0.3, -0.25) is 0 Å². The molecule has 1 aromatic rings. The molecule has 1 aromatic carbocycles. The van der Waals surface area contributed by atoms with Crippen LogP contribution in [0.5, 0.6) is 0 Å². The summed E-state index contributed by atoms with van der Waals surface area (Å²) in [6, 6.07) is 7.88. The van der Waals surface area contributed by atoms with Crippen LogP contribution in [0, 0.1) is 5.92 Å². The van der Waals surface area contributed by atoms with Crippen LogP contribution in [0.4, 0.5) is 4.79 Å². The fourth-order valence-electron chi connectivity index (χ4n) is 3.84. The van der Waals surface area contributed by atoms with Crippen LogP contribution < -0.4 is 0 Å². The number of aliphatic hydroxyl groups is 1. The van der Waals surface area contributed by atoms with Gasteiger partial charge in [0.05, 0.1) is 5.60 Å². The van der Waals surface area contributed by atoms with Gasteiger partial charge in [-0.05, 0) is 70.6 Å². The fraction of sp³-hybridized carbons (Fsp3) is 0.682. The molecule has 0 radical (unpaired) electrons. The number of likely N-dealkylation sites (tertiary alicyclic amines) is 1. The van der Waals surface area contributed by atoms with Crippen LogP contribution in [0.2, 0.25) is 0 Å². The van der Waals surface area contributed by atoms with Crippen LogP contribution in [0.15, 0.2) is 28.7 Å². The van der Waals surface area contributed by atoms with Gasteiger partial charge in [0.15, 0.2) is 0 Å². The van der Waals surface area contributed by atoms with Crippen LogP contribution in [-0.2, 0) is 15.1 Å². The Morgan fingerprint density at radius 1 is 1.32 bits per heavy atom. The predicted octanol–water partition coefficient (Wildman–Crippen LogP) is 5.10. The van der Waals surface area contributed by atoms with E-state index in [9.17, 15) is 9.90 Å². The maximum absolute atomic E-state index is 12.6. The van der Waals surface area contributed by atoms with Crippen LogP contribution in [0.25, 0.3) is 0 Å². The number of hydrogen-bond acceptors (Lipinski definition) is 4. The number of nitrogens with zero attached hydrogens (tertiary/aromatic N) is 1. The van der Waals surface area contributed by atoms with Gasteiger partial charge in [-0.2, -0.15) is 0 Å². The number of benzene rings is 1. The minimum absolute atomic E-state index is 0.0365. The molecule has 0 bridgehead atoms. The summed E-state index contributed by atoms with van der Waals surface area (Å²) in [7, 11) is 1.69. The van der Waals surface area contributed by atoms with Crippen molar-refractivity contribution in [1.29, 1.82) is 0 Å². The molecule has 1 unspecified atom stereocenters. The lowest BCUT2D eigenvalue weighted by molar-refractivity contribution is -0.0642. The molecule has 28 heavy (non-hydrogen) atoms. The Bertz CT molecular complexity index is 646. The molecule has 0 aliphatic carbocycles. The van der Waals surface area contributed by atoms with Crippen molar-refractivity contribution in [3.8, 4) is 0 Å². The topological polar surface area (TPSA) is 59.0 Å². The molecule has 6 heteroatoms. The van der Waals surface area contributed by atoms with Crippen molar-refractivity contribution in [3.63, 3.8) is 0 Å². The van der Waals surface area contributed by atoms with E-state index in [0.717, 1.165) is 35.7 Å². The lowest BCUT2D eigenvalue weighted by Crippen LogP contribution is -2.49. The molecule has 1 aliphatic heterocycles. The number of piperidine rings is 1. The zero-order valence-electron chi connectivity index (χ0n) is 17.5. The Balaban J connectivity index is 2.20. The number of methoxy groups -OCH3 is 1. The van der Waals surface area contributed by atoms with Crippen molar-refractivity contribution < 1.29 is 19.4 Å². The van der Waals surface area contributed by atoms with Crippen molar-refractivity contribution >= 4 is 22.0 Å². The summed E-state index contributed by atoms with van der Waals surface area (Å²) in [4.78, 5) is 14.3. The average molecular weight is 456 g/mol. The molecule has 158 valence electrons. The van der Waals surface area contributed by atoms with Crippen molar-refractivity contribution in [1.82, 2.24) is 4.90 Å². The number of unbranched alkanes of at least 4 members (excludes halogenated alkanes) is 1. The first-order valence-corrected chi connectivity index (χ1v) is 10.9. The molecular weight excluding hydrogens is 422 g/mol. The molecule has 0 spiro atoms. The summed E-state index contributed by atoms with van der Waals surface area (Å²) >= 11 is 3.52. The molecule has 1 amide bonds. The van der Waals surface area contributed by atoms with E-state index >= 15 is 0 Å². The Labute approximate surface area is 177 Å². The summed E-state index contributed by atoms with van der Waals surface area (Å²) < 4.78 is 11.7. The first-order valence-electron chi connectivity index (χ1n) is 10.1. The van der Waals surface area contributed by atoms with Crippen molar-refractivity contribution in [2.45, 2.75) is 64.1 Å². The molecule has 5 nitrogen and oxygen atoms in total. The van der Waals surface area contributed by atoms with E-state index in [2.05, 4.69) is 15.9 Å². The fourth-order valence-corrected chi connectivity index (χ4v) is 4.24. The van der Waals surface area contributed by atoms with Gasteiger partial charge in [0, 0.05) is 37.2 Å². The maximum atomic E-state index is 12.6. The smallest absolute Gasteiger partial charge is 0.410 e. The second-order valence-corrected chi connectivity index (χ2v) is 9.57. The Hall–Kier alpha value is -1.11. The molecule has 0 aromatic heterocycles.